The summed E-state index contributed by atoms with van der Waals surface area (Å²) in [6, 6.07) is 14.5. The number of fused-ring (bicyclic) bond motifs is 1. The maximum Gasteiger partial charge on any atom is 0.123 e. The van der Waals surface area contributed by atoms with Crippen molar-refractivity contribution in [3.63, 3.8) is 0 Å². The van der Waals surface area contributed by atoms with Gasteiger partial charge in [0.05, 0.1) is 0 Å². The number of ether oxygens (including phenoxy) is 1. The first-order valence-electron chi connectivity index (χ1n) is 7.12. The normalized spacial score (nSPS) is 11.0. The summed E-state index contributed by atoms with van der Waals surface area (Å²) < 4.78 is 19.9. The third-order valence-electron chi connectivity index (χ3n) is 3.56. The number of thiophene rings is 1. The average molecular weight is 379 g/mol. The summed E-state index contributed by atoms with van der Waals surface area (Å²) in [5.41, 5.74) is 2.63. The monoisotopic (exact) mass is 378 g/mol. The fraction of sp³-hybridized carbons (Fsp3) is 0.222. The third kappa shape index (κ3) is 3.50. The van der Waals surface area contributed by atoms with E-state index in [2.05, 4.69) is 47.1 Å². The van der Waals surface area contributed by atoms with Gasteiger partial charge in [-0.15, -0.1) is 11.3 Å². The molecule has 2 aromatic carbocycles. The molecule has 0 N–H and O–H groups in total. The number of hydrogen-bond donors (Lipinski definition) is 0. The van der Waals surface area contributed by atoms with Crippen molar-refractivity contribution in [1.82, 2.24) is 0 Å². The summed E-state index contributed by atoms with van der Waals surface area (Å²) >= 11 is 5.33. The van der Waals surface area contributed by atoms with Crippen LogP contribution in [0.25, 0.3) is 10.1 Å². The largest absolute Gasteiger partial charge is 0.491 e. The highest BCUT2D eigenvalue weighted by Gasteiger charge is 2.07. The minimum absolute atomic E-state index is 0.111. The van der Waals surface area contributed by atoms with E-state index in [1.54, 1.807) is 11.3 Å². The molecule has 0 aliphatic rings. The van der Waals surface area contributed by atoms with E-state index in [-0.39, 0.29) is 6.61 Å². The van der Waals surface area contributed by atoms with E-state index in [9.17, 15) is 4.39 Å². The van der Waals surface area contributed by atoms with Crippen LogP contribution < -0.4 is 4.74 Å². The molecule has 1 heterocycles. The molecular formula is C18H16BrFOS. The minimum atomic E-state index is -0.463. The molecule has 0 saturated carbocycles. The molecule has 0 radical (unpaired) electrons. The van der Waals surface area contributed by atoms with Gasteiger partial charge in [-0.1, -0.05) is 22.0 Å². The van der Waals surface area contributed by atoms with Gasteiger partial charge in [-0.3, -0.25) is 0 Å². The molecule has 0 spiro atoms. The third-order valence-corrected chi connectivity index (χ3v) is 5.17. The Morgan fingerprint density at radius 1 is 1.14 bits per heavy atom. The van der Waals surface area contributed by atoms with E-state index < -0.39 is 6.67 Å². The van der Waals surface area contributed by atoms with Crippen molar-refractivity contribution in [1.29, 1.82) is 0 Å². The lowest BCUT2D eigenvalue weighted by Crippen LogP contribution is -1.97. The summed E-state index contributed by atoms with van der Waals surface area (Å²) in [5, 5.41) is 1.16. The highest BCUT2D eigenvalue weighted by molar-refractivity contribution is 9.10. The van der Waals surface area contributed by atoms with Gasteiger partial charge in [-0.05, 0) is 59.8 Å². The maximum atomic E-state index is 12.2. The van der Waals surface area contributed by atoms with Gasteiger partial charge in [0.25, 0.3) is 0 Å². The van der Waals surface area contributed by atoms with Crippen LogP contribution in [0.15, 0.2) is 46.9 Å². The van der Waals surface area contributed by atoms with E-state index in [1.807, 2.05) is 18.2 Å². The van der Waals surface area contributed by atoms with Gasteiger partial charge in [0.15, 0.2) is 0 Å². The molecule has 0 aliphatic heterocycles. The quantitative estimate of drug-likeness (QED) is 0.535. The van der Waals surface area contributed by atoms with E-state index in [1.165, 1.54) is 20.7 Å². The molecule has 0 aliphatic carbocycles. The zero-order valence-electron chi connectivity index (χ0n) is 12.2. The Kier molecular flexibility index (Phi) is 4.79. The van der Waals surface area contributed by atoms with Crippen LogP contribution in [0.2, 0.25) is 0 Å². The Labute approximate surface area is 141 Å². The van der Waals surface area contributed by atoms with Crippen LogP contribution in [-0.2, 0) is 6.42 Å². The lowest BCUT2D eigenvalue weighted by Gasteiger charge is -2.04. The predicted octanol–water partition coefficient (Wildman–Crippen LogP) is 5.91. The van der Waals surface area contributed by atoms with Crippen molar-refractivity contribution in [3.8, 4) is 5.75 Å². The molecule has 0 bridgehead atoms. The summed E-state index contributed by atoms with van der Waals surface area (Å²) in [5.74, 6) is 0.730. The second kappa shape index (κ2) is 6.80. The molecule has 114 valence electrons. The van der Waals surface area contributed by atoms with E-state index in [4.69, 9.17) is 4.74 Å². The maximum absolute atomic E-state index is 12.2. The fourth-order valence-electron chi connectivity index (χ4n) is 2.43. The van der Waals surface area contributed by atoms with Gasteiger partial charge in [-0.25, -0.2) is 4.39 Å². The number of rotatable bonds is 5. The fourth-order valence-corrected chi connectivity index (χ4v) is 3.90. The van der Waals surface area contributed by atoms with E-state index in [0.717, 1.165) is 22.0 Å². The van der Waals surface area contributed by atoms with Gasteiger partial charge >= 0.3 is 0 Å². The first-order valence-corrected chi connectivity index (χ1v) is 8.73. The Morgan fingerprint density at radius 3 is 2.82 bits per heavy atom. The minimum Gasteiger partial charge on any atom is -0.491 e. The molecule has 1 aromatic heterocycles. The molecule has 0 atom stereocenters. The SMILES string of the molecule is Cc1ccc(Br)cc1Cc1cc2cc(OCCF)ccc2s1. The number of halogens is 2. The number of hydrogen-bond acceptors (Lipinski definition) is 2. The van der Waals surface area contributed by atoms with Crippen molar-refractivity contribution in [2.75, 3.05) is 13.3 Å². The molecule has 0 unspecified atom stereocenters. The molecule has 1 nitrogen and oxygen atoms in total. The summed E-state index contributed by atoms with van der Waals surface area (Å²) in [7, 11) is 0. The Hall–Kier alpha value is -1.39. The molecule has 0 saturated heterocycles. The summed E-state index contributed by atoms with van der Waals surface area (Å²) in [6.45, 7) is 1.78. The van der Waals surface area contributed by atoms with Crippen LogP contribution in [-0.4, -0.2) is 13.3 Å². The van der Waals surface area contributed by atoms with Crippen molar-refractivity contribution >= 4 is 37.4 Å². The molecule has 3 rings (SSSR count). The predicted molar refractivity (Wildman–Crippen MR) is 95.0 cm³/mol. The Morgan fingerprint density at radius 2 is 2.00 bits per heavy atom. The summed E-state index contributed by atoms with van der Waals surface area (Å²) in [4.78, 5) is 1.32. The number of alkyl halides is 1. The molecule has 3 aromatic rings. The molecule has 0 amide bonds. The number of benzene rings is 2. The van der Waals surface area contributed by atoms with Crippen LogP contribution in [0.4, 0.5) is 4.39 Å². The van der Waals surface area contributed by atoms with Gasteiger partial charge in [0.2, 0.25) is 0 Å². The number of aryl methyl sites for hydroxylation is 1. The van der Waals surface area contributed by atoms with Crippen molar-refractivity contribution < 1.29 is 9.13 Å². The topological polar surface area (TPSA) is 9.23 Å². The highest BCUT2D eigenvalue weighted by Crippen LogP contribution is 2.31. The first-order chi connectivity index (χ1) is 10.7. The van der Waals surface area contributed by atoms with Crippen LogP contribution >= 0.6 is 27.3 Å². The smallest absolute Gasteiger partial charge is 0.123 e. The van der Waals surface area contributed by atoms with Crippen LogP contribution in [0, 0.1) is 6.92 Å². The Bertz CT molecular complexity index is 797. The molecule has 22 heavy (non-hydrogen) atoms. The standard InChI is InChI=1S/C18H16BrFOS/c1-12-2-3-15(19)8-13(12)10-17-11-14-9-16(21-7-6-20)4-5-18(14)22-17/h2-5,8-9,11H,6-7,10H2,1H3. The van der Waals surface area contributed by atoms with Gasteiger partial charge < -0.3 is 4.74 Å². The van der Waals surface area contributed by atoms with Crippen molar-refractivity contribution in [2.24, 2.45) is 0 Å². The van der Waals surface area contributed by atoms with Crippen molar-refractivity contribution in [2.45, 2.75) is 13.3 Å². The first kappa shape index (κ1) is 15.5. The average Bonchev–Trinajstić information content (AvgIpc) is 2.90. The highest BCUT2D eigenvalue weighted by atomic mass is 79.9. The zero-order valence-corrected chi connectivity index (χ0v) is 14.6. The van der Waals surface area contributed by atoms with Crippen LogP contribution in [0.1, 0.15) is 16.0 Å². The molecule has 0 fully saturated rings. The summed E-state index contributed by atoms with van der Waals surface area (Å²) in [6.07, 6.45) is 0.922. The molecular weight excluding hydrogens is 363 g/mol. The Balaban J connectivity index is 1.86. The van der Waals surface area contributed by atoms with Crippen molar-refractivity contribution in [3.05, 3.63) is 62.9 Å². The van der Waals surface area contributed by atoms with E-state index >= 15 is 0 Å². The van der Waals surface area contributed by atoms with Gasteiger partial charge in [0.1, 0.15) is 19.0 Å². The lowest BCUT2D eigenvalue weighted by atomic mass is 10.0. The van der Waals surface area contributed by atoms with Gasteiger partial charge in [-0.2, -0.15) is 0 Å². The molecule has 4 heteroatoms. The van der Waals surface area contributed by atoms with Crippen LogP contribution in [0.3, 0.4) is 0 Å². The second-order valence-electron chi connectivity index (χ2n) is 5.20. The van der Waals surface area contributed by atoms with E-state index in [0.29, 0.717) is 0 Å². The van der Waals surface area contributed by atoms with Crippen LogP contribution in [0.5, 0.6) is 5.75 Å². The second-order valence-corrected chi connectivity index (χ2v) is 7.28. The lowest BCUT2D eigenvalue weighted by molar-refractivity contribution is 0.273. The van der Waals surface area contributed by atoms with Gasteiger partial charge in [0, 0.05) is 20.5 Å². The zero-order chi connectivity index (χ0) is 15.5.